The monoisotopic (exact) mass is 227 g/mol. The molecule has 0 radical (unpaired) electrons. The van der Waals surface area contributed by atoms with Crippen molar-refractivity contribution in [2.45, 2.75) is 38.6 Å². The first-order chi connectivity index (χ1) is 6.96. The molecule has 1 aromatic carbocycles. The summed E-state index contributed by atoms with van der Waals surface area (Å²) in [5, 5.41) is 0.612. The van der Waals surface area contributed by atoms with E-state index in [0.717, 1.165) is 24.8 Å². The highest BCUT2D eigenvalue weighted by molar-refractivity contribution is 6.31. The molecule has 0 aromatic heterocycles. The fraction of sp³-hybridized carbons (Fsp3) is 0.500. The third-order valence-corrected chi connectivity index (χ3v) is 3.78. The van der Waals surface area contributed by atoms with E-state index in [2.05, 4.69) is 0 Å². The van der Waals surface area contributed by atoms with Gasteiger partial charge in [0.15, 0.2) is 0 Å². The summed E-state index contributed by atoms with van der Waals surface area (Å²) in [5.41, 5.74) is 7.68. The van der Waals surface area contributed by atoms with E-state index in [4.69, 9.17) is 17.3 Å². The van der Waals surface area contributed by atoms with Gasteiger partial charge in [0.2, 0.25) is 0 Å². The Labute approximate surface area is 94.4 Å². The Balaban J connectivity index is 2.63. The standard InChI is InChI=1S/C12H15ClFN/c1-7-6-9(13)8(2)10(11(7)14)12(15)4-3-5-12/h6H,3-5,15H2,1-2H3. The van der Waals surface area contributed by atoms with Crippen molar-refractivity contribution in [1.29, 1.82) is 0 Å². The summed E-state index contributed by atoms with van der Waals surface area (Å²) in [6, 6.07) is 1.66. The van der Waals surface area contributed by atoms with Crippen LogP contribution in [0.3, 0.4) is 0 Å². The SMILES string of the molecule is Cc1cc(Cl)c(C)c(C2(N)CCC2)c1F. The van der Waals surface area contributed by atoms with Gasteiger partial charge in [0.25, 0.3) is 0 Å². The van der Waals surface area contributed by atoms with Crippen LogP contribution in [0.1, 0.15) is 36.0 Å². The summed E-state index contributed by atoms with van der Waals surface area (Å²) in [6.07, 6.45) is 2.77. The van der Waals surface area contributed by atoms with Crippen molar-refractivity contribution in [2.75, 3.05) is 0 Å². The summed E-state index contributed by atoms with van der Waals surface area (Å²) >= 11 is 6.06. The van der Waals surface area contributed by atoms with Gasteiger partial charge in [0.1, 0.15) is 5.82 Å². The molecule has 0 atom stereocenters. The van der Waals surface area contributed by atoms with Gasteiger partial charge in [-0.1, -0.05) is 11.6 Å². The smallest absolute Gasteiger partial charge is 0.131 e. The van der Waals surface area contributed by atoms with Crippen LogP contribution in [0.4, 0.5) is 4.39 Å². The topological polar surface area (TPSA) is 26.0 Å². The fourth-order valence-corrected chi connectivity index (χ4v) is 2.50. The van der Waals surface area contributed by atoms with Crippen molar-refractivity contribution in [3.05, 3.63) is 33.6 Å². The second-order valence-corrected chi connectivity index (χ2v) is 4.91. The van der Waals surface area contributed by atoms with E-state index in [-0.39, 0.29) is 5.82 Å². The summed E-state index contributed by atoms with van der Waals surface area (Å²) in [4.78, 5) is 0. The minimum absolute atomic E-state index is 0.181. The average molecular weight is 228 g/mol. The highest BCUT2D eigenvalue weighted by Crippen LogP contribution is 2.43. The number of benzene rings is 1. The van der Waals surface area contributed by atoms with Gasteiger partial charge < -0.3 is 5.73 Å². The molecule has 1 nitrogen and oxygen atoms in total. The van der Waals surface area contributed by atoms with Crippen LogP contribution >= 0.6 is 11.6 Å². The van der Waals surface area contributed by atoms with Crippen LogP contribution < -0.4 is 5.73 Å². The lowest BCUT2D eigenvalue weighted by Gasteiger charge is -2.40. The van der Waals surface area contributed by atoms with Gasteiger partial charge in [-0.2, -0.15) is 0 Å². The Morgan fingerprint density at radius 2 is 2.00 bits per heavy atom. The molecule has 0 saturated heterocycles. The average Bonchev–Trinajstić information content (AvgIpc) is 2.12. The van der Waals surface area contributed by atoms with Crippen LogP contribution in [0.2, 0.25) is 5.02 Å². The van der Waals surface area contributed by atoms with E-state index in [0.29, 0.717) is 16.1 Å². The second kappa shape index (κ2) is 3.46. The third-order valence-electron chi connectivity index (χ3n) is 3.39. The van der Waals surface area contributed by atoms with E-state index in [1.807, 2.05) is 6.92 Å². The maximum absolute atomic E-state index is 14.0. The van der Waals surface area contributed by atoms with Crippen LogP contribution in [0.15, 0.2) is 6.07 Å². The second-order valence-electron chi connectivity index (χ2n) is 4.50. The Hall–Kier alpha value is -0.600. The molecule has 0 aliphatic heterocycles. The zero-order valence-corrected chi connectivity index (χ0v) is 9.79. The normalized spacial score (nSPS) is 18.7. The number of rotatable bonds is 1. The number of nitrogens with two attached hydrogens (primary N) is 1. The predicted molar refractivity (Wildman–Crippen MR) is 60.6 cm³/mol. The molecule has 1 aromatic rings. The first-order valence-corrected chi connectivity index (χ1v) is 5.58. The molecule has 0 unspecified atom stereocenters. The van der Waals surface area contributed by atoms with Crippen molar-refractivity contribution >= 4 is 11.6 Å². The molecule has 1 saturated carbocycles. The zero-order valence-electron chi connectivity index (χ0n) is 9.03. The van der Waals surface area contributed by atoms with Gasteiger partial charge in [0, 0.05) is 16.1 Å². The van der Waals surface area contributed by atoms with Gasteiger partial charge in [-0.05, 0) is 50.3 Å². The molecule has 15 heavy (non-hydrogen) atoms. The fourth-order valence-electron chi connectivity index (χ4n) is 2.24. The maximum atomic E-state index is 14.0. The number of aryl methyl sites for hydroxylation is 1. The van der Waals surface area contributed by atoms with Crippen molar-refractivity contribution in [1.82, 2.24) is 0 Å². The van der Waals surface area contributed by atoms with E-state index >= 15 is 0 Å². The molecule has 0 bridgehead atoms. The van der Waals surface area contributed by atoms with Crippen molar-refractivity contribution in [2.24, 2.45) is 5.73 Å². The highest BCUT2D eigenvalue weighted by Gasteiger charge is 2.38. The highest BCUT2D eigenvalue weighted by atomic mass is 35.5. The molecule has 1 fully saturated rings. The Morgan fingerprint density at radius 1 is 1.40 bits per heavy atom. The minimum atomic E-state index is -0.482. The number of hydrogen-bond acceptors (Lipinski definition) is 1. The van der Waals surface area contributed by atoms with Gasteiger partial charge >= 0.3 is 0 Å². The van der Waals surface area contributed by atoms with E-state index in [1.165, 1.54) is 0 Å². The maximum Gasteiger partial charge on any atom is 0.131 e. The zero-order chi connectivity index (χ0) is 11.2. The largest absolute Gasteiger partial charge is 0.321 e. The first-order valence-electron chi connectivity index (χ1n) is 5.20. The van der Waals surface area contributed by atoms with Gasteiger partial charge in [-0.25, -0.2) is 4.39 Å². The van der Waals surface area contributed by atoms with Crippen LogP contribution in [-0.4, -0.2) is 0 Å². The molecule has 0 amide bonds. The molecule has 0 spiro atoms. The van der Waals surface area contributed by atoms with Crippen LogP contribution in [0.25, 0.3) is 0 Å². The summed E-state index contributed by atoms with van der Waals surface area (Å²) in [6.45, 7) is 3.57. The summed E-state index contributed by atoms with van der Waals surface area (Å²) in [7, 11) is 0. The molecule has 3 heteroatoms. The Morgan fingerprint density at radius 3 is 2.47 bits per heavy atom. The molecule has 82 valence electrons. The minimum Gasteiger partial charge on any atom is -0.321 e. The molecule has 1 aliphatic carbocycles. The number of halogens is 2. The van der Waals surface area contributed by atoms with Crippen molar-refractivity contribution in [3.8, 4) is 0 Å². The molecule has 2 N–H and O–H groups in total. The summed E-state index contributed by atoms with van der Waals surface area (Å²) in [5.74, 6) is -0.181. The van der Waals surface area contributed by atoms with Crippen LogP contribution in [0, 0.1) is 19.7 Å². The lowest BCUT2D eigenvalue weighted by molar-refractivity contribution is 0.243. The lowest BCUT2D eigenvalue weighted by atomic mass is 9.71. The van der Waals surface area contributed by atoms with Crippen LogP contribution in [-0.2, 0) is 5.54 Å². The first kappa shape index (κ1) is 10.9. The Bertz CT molecular complexity index is 384. The van der Waals surface area contributed by atoms with Crippen LogP contribution in [0.5, 0.6) is 0 Å². The van der Waals surface area contributed by atoms with Gasteiger partial charge in [-0.15, -0.1) is 0 Å². The van der Waals surface area contributed by atoms with Gasteiger partial charge in [-0.3, -0.25) is 0 Å². The van der Waals surface area contributed by atoms with E-state index in [1.54, 1.807) is 13.0 Å². The van der Waals surface area contributed by atoms with Gasteiger partial charge in [0.05, 0.1) is 0 Å². The van der Waals surface area contributed by atoms with E-state index < -0.39 is 5.54 Å². The lowest BCUT2D eigenvalue weighted by Crippen LogP contribution is -2.44. The Kier molecular flexibility index (Phi) is 2.52. The number of hydrogen-bond donors (Lipinski definition) is 1. The quantitative estimate of drug-likeness (QED) is 0.782. The molecular formula is C12H15ClFN. The third kappa shape index (κ3) is 1.56. The summed E-state index contributed by atoms with van der Waals surface area (Å²) < 4.78 is 14.0. The molecule has 1 aliphatic rings. The predicted octanol–water partition coefficient (Wildman–Crippen LogP) is 3.43. The molecule has 0 heterocycles. The molecular weight excluding hydrogens is 213 g/mol. The van der Waals surface area contributed by atoms with Crippen molar-refractivity contribution in [3.63, 3.8) is 0 Å². The van der Waals surface area contributed by atoms with E-state index in [9.17, 15) is 4.39 Å². The molecule has 2 rings (SSSR count). The van der Waals surface area contributed by atoms with Crippen molar-refractivity contribution < 1.29 is 4.39 Å².